The number of ether oxygens (including phenoxy) is 2. The Balaban J connectivity index is 2.02. The summed E-state index contributed by atoms with van der Waals surface area (Å²) < 4.78 is 14.2. The molecule has 5 nitrogen and oxygen atoms in total. The maximum atomic E-state index is 11.6. The molecule has 6 heteroatoms. The van der Waals surface area contributed by atoms with Crippen LogP contribution in [0.1, 0.15) is 22.3 Å². The zero-order chi connectivity index (χ0) is 12.8. The fraction of sp³-hybridized carbons (Fsp3) is 0.250. The van der Waals surface area contributed by atoms with Gasteiger partial charge in [0.15, 0.2) is 5.69 Å². The van der Waals surface area contributed by atoms with E-state index in [2.05, 4.69) is 9.59 Å². The van der Waals surface area contributed by atoms with Gasteiger partial charge in [-0.2, -0.15) is 0 Å². The first-order valence-corrected chi connectivity index (χ1v) is 6.24. The second-order valence-electron chi connectivity index (χ2n) is 3.37. The fourth-order valence-electron chi connectivity index (χ4n) is 1.32. The predicted molar refractivity (Wildman–Crippen MR) is 66.6 cm³/mol. The van der Waals surface area contributed by atoms with E-state index in [1.165, 1.54) is 0 Å². The first kappa shape index (κ1) is 12.5. The molecule has 2 rings (SSSR count). The Morgan fingerprint density at radius 3 is 2.83 bits per heavy atom. The van der Waals surface area contributed by atoms with Crippen LogP contribution in [0.25, 0.3) is 0 Å². The second kappa shape index (κ2) is 6.11. The molecule has 2 aromatic rings. The lowest BCUT2D eigenvalue weighted by molar-refractivity contribution is 0.0516. The lowest BCUT2D eigenvalue weighted by atomic mass is 10.3. The van der Waals surface area contributed by atoms with Crippen molar-refractivity contribution in [2.45, 2.75) is 13.5 Å². The highest BCUT2D eigenvalue weighted by Crippen LogP contribution is 2.16. The van der Waals surface area contributed by atoms with Gasteiger partial charge in [-0.3, -0.25) is 0 Å². The molecule has 0 aliphatic carbocycles. The lowest BCUT2D eigenvalue weighted by Crippen LogP contribution is -2.09. The highest BCUT2D eigenvalue weighted by Gasteiger charge is 2.17. The Labute approximate surface area is 109 Å². The molecule has 0 spiro atoms. The van der Waals surface area contributed by atoms with Crippen molar-refractivity contribution in [2.24, 2.45) is 0 Å². The van der Waals surface area contributed by atoms with Crippen molar-refractivity contribution in [3.05, 3.63) is 40.9 Å². The monoisotopic (exact) mass is 264 g/mol. The molecular formula is C12H12N2O3S. The average molecular weight is 264 g/mol. The smallest absolute Gasteiger partial charge is 0.360 e. The molecule has 18 heavy (non-hydrogen) atoms. The van der Waals surface area contributed by atoms with E-state index in [0.717, 1.165) is 17.3 Å². The summed E-state index contributed by atoms with van der Waals surface area (Å²) in [6.45, 7) is 2.32. The van der Waals surface area contributed by atoms with Gasteiger partial charge in [0.25, 0.3) is 0 Å². The Kier molecular flexibility index (Phi) is 4.25. The third-order valence-corrected chi connectivity index (χ3v) is 2.83. The van der Waals surface area contributed by atoms with E-state index in [1.54, 1.807) is 6.92 Å². The van der Waals surface area contributed by atoms with Gasteiger partial charge < -0.3 is 9.47 Å². The van der Waals surface area contributed by atoms with Gasteiger partial charge in [0, 0.05) is 0 Å². The minimum absolute atomic E-state index is 0.234. The summed E-state index contributed by atoms with van der Waals surface area (Å²) in [4.78, 5) is 12.2. The summed E-state index contributed by atoms with van der Waals surface area (Å²) in [5.74, 6) is 0.277. The molecule has 0 unspecified atom stereocenters. The van der Waals surface area contributed by atoms with Gasteiger partial charge in [-0.05, 0) is 30.6 Å². The fourth-order valence-corrected chi connectivity index (χ4v) is 1.87. The normalized spacial score (nSPS) is 10.1. The minimum atomic E-state index is -0.460. The zero-order valence-electron chi connectivity index (χ0n) is 9.83. The van der Waals surface area contributed by atoms with Crippen molar-refractivity contribution in [3.8, 4) is 5.75 Å². The molecule has 0 atom stereocenters. The number of para-hydroxylation sites is 1. The summed E-state index contributed by atoms with van der Waals surface area (Å²) >= 11 is 1.14. The van der Waals surface area contributed by atoms with Gasteiger partial charge in [-0.1, -0.05) is 22.7 Å². The number of nitrogens with zero attached hydrogens (tertiary/aromatic N) is 2. The van der Waals surface area contributed by atoms with Crippen LogP contribution < -0.4 is 4.74 Å². The Morgan fingerprint density at radius 2 is 2.11 bits per heavy atom. The number of aromatic nitrogens is 2. The molecule has 1 aromatic carbocycles. The van der Waals surface area contributed by atoms with Gasteiger partial charge in [0.05, 0.1) is 11.5 Å². The summed E-state index contributed by atoms with van der Waals surface area (Å²) in [5, 5.41) is 3.76. The number of rotatable bonds is 5. The summed E-state index contributed by atoms with van der Waals surface area (Å²) in [6.07, 6.45) is 0. The number of benzene rings is 1. The van der Waals surface area contributed by atoms with Crippen LogP contribution in [-0.2, 0) is 11.3 Å². The Bertz CT molecular complexity index is 513. The van der Waals surface area contributed by atoms with E-state index in [4.69, 9.17) is 9.47 Å². The highest BCUT2D eigenvalue weighted by atomic mass is 32.1. The molecule has 1 heterocycles. The molecule has 0 amide bonds. The van der Waals surface area contributed by atoms with Gasteiger partial charge in [0.1, 0.15) is 12.4 Å². The molecular weight excluding hydrogens is 252 g/mol. The van der Waals surface area contributed by atoms with Crippen LogP contribution in [0.2, 0.25) is 0 Å². The quantitative estimate of drug-likeness (QED) is 0.775. The molecule has 0 bridgehead atoms. The maximum Gasteiger partial charge on any atom is 0.360 e. The summed E-state index contributed by atoms with van der Waals surface area (Å²) in [6, 6.07) is 9.36. The first-order chi connectivity index (χ1) is 8.81. The van der Waals surface area contributed by atoms with Crippen molar-refractivity contribution >= 4 is 17.5 Å². The number of esters is 1. The van der Waals surface area contributed by atoms with Crippen molar-refractivity contribution in [1.29, 1.82) is 0 Å². The van der Waals surface area contributed by atoms with Crippen molar-refractivity contribution in [2.75, 3.05) is 6.61 Å². The zero-order valence-corrected chi connectivity index (χ0v) is 10.6. The third-order valence-electron chi connectivity index (χ3n) is 2.14. The van der Waals surface area contributed by atoms with Crippen molar-refractivity contribution in [3.63, 3.8) is 0 Å². The molecule has 0 saturated carbocycles. The second-order valence-corrected chi connectivity index (χ2v) is 4.21. The van der Waals surface area contributed by atoms with E-state index < -0.39 is 5.97 Å². The van der Waals surface area contributed by atoms with E-state index in [-0.39, 0.29) is 12.3 Å². The van der Waals surface area contributed by atoms with Crippen LogP contribution in [0.3, 0.4) is 0 Å². The van der Waals surface area contributed by atoms with E-state index in [1.807, 2.05) is 30.3 Å². The lowest BCUT2D eigenvalue weighted by Gasteiger charge is -2.04. The largest absolute Gasteiger partial charge is 0.488 e. The number of hydrogen-bond donors (Lipinski definition) is 0. The molecule has 0 N–H and O–H groups in total. The first-order valence-electron chi connectivity index (χ1n) is 5.47. The number of hydrogen-bond acceptors (Lipinski definition) is 6. The number of carbonyl (C=O) groups is 1. The minimum Gasteiger partial charge on any atom is -0.488 e. The van der Waals surface area contributed by atoms with Crippen LogP contribution in [0.5, 0.6) is 5.75 Å². The van der Waals surface area contributed by atoms with E-state index in [9.17, 15) is 4.79 Å². The predicted octanol–water partition coefficient (Wildman–Crippen LogP) is 2.29. The summed E-state index contributed by atoms with van der Waals surface area (Å²) in [5.41, 5.74) is 0.234. The SMILES string of the molecule is CCOC(=O)c1nnsc1COc1ccccc1. The van der Waals surface area contributed by atoms with Gasteiger partial charge in [-0.15, -0.1) is 5.10 Å². The topological polar surface area (TPSA) is 61.3 Å². The molecule has 0 aliphatic heterocycles. The average Bonchev–Trinajstić information content (AvgIpc) is 2.86. The van der Waals surface area contributed by atoms with E-state index in [0.29, 0.717) is 11.5 Å². The van der Waals surface area contributed by atoms with E-state index >= 15 is 0 Å². The molecule has 0 saturated heterocycles. The van der Waals surface area contributed by atoms with Crippen LogP contribution in [0.15, 0.2) is 30.3 Å². The summed E-state index contributed by atoms with van der Waals surface area (Å²) in [7, 11) is 0. The van der Waals surface area contributed by atoms with Crippen LogP contribution in [0.4, 0.5) is 0 Å². The van der Waals surface area contributed by atoms with Gasteiger partial charge in [0.2, 0.25) is 0 Å². The van der Waals surface area contributed by atoms with Crippen molar-refractivity contribution < 1.29 is 14.3 Å². The van der Waals surface area contributed by atoms with Crippen molar-refractivity contribution in [1.82, 2.24) is 9.59 Å². The highest BCUT2D eigenvalue weighted by molar-refractivity contribution is 7.05. The van der Waals surface area contributed by atoms with Gasteiger partial charge in [-0.25, -0.2) is 4.79 Å². The molecule has 0 fully saturated rings. The molecule has 94 valence electrons. The Hall–Kier alpha value is -1.95. The van der Waals surface area contributed by atoms with Crippen LogP contribution in [-0.4, -0.2) is 22.2 Å². The molecule has 0 aliphatic rings. The van der Waals surface area contributed by atoms with Crippen LogP contribution in [0, 0.1) is 0 Å². The third kappa shape index (κ3) is 3.04. The maximum absolute atomic E-state index is 11.6. The standard InChI is InChI=1S/C12H12N2O3S/c1-2-16-12(15)11-10(18-14-13-11)8-17-9-6-4-3-5-7-9/h3-7H,2,8H2,1H3. The Morgan fingerprint density at radius 1 is 1.33 bits per heavy atom. The molecule has 0 radical (unpaired) electrons. The number of carbonyl (C=O) groups excluding carboxylic acids is 1. The molecule has 1 aromatic heterocycles. The van der Waals surface area contributed by atoms with Crippen LogP contribution >= 0.6 is 11.5 Å². The van der Waals surface area contributed by atoms with Gasteiger partial charge >= 0.3 is 5.97 Å².